The van der Waals surface area contributed by atoms with Crippen molar-refractivity contribution in [1.29, 1.82) is 0 Å². The summed E-state index contributed by atoms with van der Waals surface area (Å²) in [5.74, 6) is 5.60. The Hall–Kier alpha value is -1.66. The van der Waals surface area contributed by atoms with Gasteiger partial charge in [-0.25, -0.2) is 10.8 Å². The topological polar surface area (TPSA) is 83.3 Å². The Morgan fingerprint density at radius 2 is 2.28 bits per heavy atom. The highest BCUT2D eigenvalue weighted by atomic mass is 16.1. The molecule has 0 aliphatic rings. The Labute approximate surface area is 108 Å². The molecule has 0 saturated heterocycles. The van der Waals surface area contributed by atoms with Crippen molar-refractivity contribution < 1.29 is 4.79 Å². The highest BCUT2D eigenvalue weighted by Crippen LogP contribution is 2.04. The molecule has 4 N–H and O–H groups in total. The summed E-state index contributed by atoms with van der Waals surface area (Å²) in [6, 6.07) is 3.74. The van der Waals surface area contributed by atoms with E-state index in [9.17, 15) is 4.79 Å². The largest absolute Gasteiger partial charge is 0.351 e. The maximum absolute atomic E-state index is 11.8. The molecule has 1 amide bonds. The molecule has 6 heteroatoms. The van der Waals surface area contributed by atoms with Crippen LogP contribution in [0.5, 0.6) is 0 Å². The van der Waals surface area contributed by atoms with E-state index in [2.05, 4.69) is 34.5 Å². The zero-order valence-corrected chi connectivity index (χ0v) is 11.1. The fraction of sp³-hybridized carbons (Fsp3) is 0.500. The van der Waals surface area contributed by atoms with E-state index in [1.54, 1.807) is 18.3 Å². The first-order valence-corrected chi connectivity index (χ1v) is 5.95. The molecular formula is C12H21N5O. The van der Waals surface area contributed by atoms with Gasteiger partial charge in [0.2, 0.25) is 0 Å². The Bertz CT molecular complexity index is 394. The van der Waals surface area contributed by atoms with E-state index in [-0.39, 0.29) is 5.91 Å². The molecule has 0 radical (unpaired) electrons. The van der Waals surface area contributed by atoms with E-state index in [1.807, 2.05) is 7.05 Å². The Morgan fingerprint density at radius 1 is 1.56 bits per heavy atom. The van der Waals surface area contributed by atoms with Crippen LogP contribution in [0.15, 0.2) is 18.3 Å². The lowest BCUT2D eigenvalue weighted by Crippen LogP contribution is -2.36. The Balaban J connectivity index is 2.45. The number of amides is 1. The van der Waals surface area contributed by atoms with Gasteiger partial charge in [-0.05, 0) is 33.0 Å². The van der Waals surface area contributed by atoms with Crippen LogP contribution in [0.25, 0.3) is 0 Å². The number of nitrogens with one attached hydrogen (secondary N) is 2. The number of hydrazine groups is 1. The van der Waals surface area contributed by atoms with Crippen molar-refractivity contribution in [2.75, 3.05) is 25.6 Å². The molecule has 0 spiro atoms. The zero-order chi connectivity index (χ0) is 13.5. The molecule has 0 aliphatic heterocycles. The van der Waals surface area contributed by atoms with Crippen LogP contribution in [-0.2, 0) is 0 Å². The summed E-state index contributed by atoms with van der Waals surface area (Å²) in [6.07, 6.45) is 1.55. The van der Waals surface area contributed by atoms with Crippen molar-refractivity contribution >= 4 is 11.7 Å². The molecular weight excluding hydrogens is 230 g/mol. The third-order valence-electron chi connectivity index (χ3n) is 2.80. The molecule has 1 aromatic heterocycles. The highest BCUT2D eigenvalue weighted by Gasteiger charge is 2.07. The van der Waals surface area contributed by atoms with Gasteiger partial charge in [0.25, 0.3) is 5.91 Å². The van der Waals surface area contributed by atoms with Gasteiger partial charge in [0.1, 0.15) is 5.82 Å². The van der Waals surface area contributed by atoms with Crippen molar-refractivity contribution in [3.05, 3.63) is 23.9 Å². The molecule has 0 aromatic carbocycles. The lowest BCUT2D eigenvalue weighted by Gasteiger charge is -2.20. The molecule has 0 fully saturated rings. The van der Waals surface area contributed by atoms with Crippen LogP contribution in [0, 0.1) is 0 Å². The first kappa shape index (κ1) is 14.4. The van der Waals surface area contributed by atoms with Crippen LogP contribution >= 0.6 is 0 Å². The van der Waals surface area contributed by atoms with Crippen LogP contribution in [0.2, 0.25) is 0 Å². The maximum Gasteiger partial charge on any atom is 0.251 e. The molecule has 6 nitrogen and oxygen atoms in total. The first-order chi connectivity index (χ1) is 8.54. The lowest BCUT2D eigenvalue weighted by molar-refractivity contribution is 0.0948. The molecule has 0 aliphatic carbocycles. The molecule has 1 aromatic rings. The minimum Gasteiger partial charge on any atom is -0.351 e. The summed E-state index contributed by atoms with van der Waals surface area (Å²) in [5, 5.41) is 2.86. The number of hydrogen-bond acceptors (Lipinski definition) is 5. The van der Waals surface area contributed by atoms with Gasteiger partial charge in [0.15, 0.2) is 0 Å². The number of anilines is 1. The number of nitrogens with zero attached hydrogens (tertiary/aromatic N) is 2. The molecule has 0 saturated carbocycles. The summed E-state index contributed by atoms with van der Waals surface area (Å²) < 4.78 is 0. The van der Waals surface area contributed by atoms with E-state index >= 15 is 0 Å². The van der Waals surface area contributed by atoms with Crippen molar-refractivity contribution in [3.63, 3.8) is 0 Å². The fourth-order valence-corrected chi connectivity index (χ4v) is 1.36. The third kappa shape index (κ3) is 4.31. The van der Waals surface area contributed by atoms with E-state index in [4.69, 9.17) is 5.84 Å². The number of rotatable bonds is 6. The summed E-state index contributed by atoms with van der Waals surface area (Å²) in [6.45, 7) is 5.66. The fourth-order valence-electron chi connectivity index (χ4n) is 1.36. The minimum absolute atomic E-state index is 0.119. The van der Waals surface area contributed by atoms with E-state index in [0.717, 1.165) is 6.54 Å². The lowest BCUT2D eigenvalue weighted by atomic mass is 10.2. The molecule has 1 rings (SSSR count). The SMILES string of the molecule is CC(C)N(C)CCNC(=O)c1ccnc(NN)c1. The van der Waals surface area contributed by atoms with Gasteiger partial charge in [0, 0.05) is 30.9 Å². The summed E-state index contributed by atoms with van der Waals surface area (Å²) in [5.41, 5.74) is 2.96. The van der Waals surface area contributed by atoms with Gasteiger partial charge in [-0.15, -0.1) is 0 Å². The molecule has 0 unspecified atom stereocenters. The average molecular weight is 251 g/mol. The standard InChI is InChI=1S/C12H21N5O/c1-9(2)17(3)7-6-15-12(18)10-4-5-14-11(8-10)16-13/h4-5,8-9H,6-7,13H2,1-3H3,(H,14,16)(H,15,18). The number of nitrogens with two attached hydrogens (primary N) is 1. The molecule has 18 heavy (non-hydrogen) atoms. The second-order valence-electron chi connectivity index (χ2n) is 4.40. The van der Waals surface area contributed by atoms with Crippen LogP contribution in [0.4, 0.5) is 5.82 Å². The van der Waals surface area contributed by atoms with Crippen molar-refractivity contribution in [1.82, 2.24) is 15.2 Å². The minimum atomic E-state index is -0.119. The molecule has 0 atom stereocenters. The van der Waals surface area contributed by atoms with Crippen LogP contribution in [0.1, 0.15) is 24.2 Å². The quantitative estimate of drug-likeness (QED) is 0.504. The first-order valence-electron chi connectivity index (χ1n) is 5.95. The van der Waals surface area contributed by atoms with Crippen LogP contribution < -0.4 is 16.6 Å². The Morgan fingerprint density at radius 3 is 2.89 bits per heavy atom. The van der Waals surface area contributed by atoms with Gasteiger partial charge >= 0.3 is 0 Å². The Kier molecular flexibility index (Phi) is 5.54. The zero-order valence-electron chi connectivity index (χ0n) is 11.1. The number of aromatic nitrogens is 1. The number of pyridine rings is 1. The number of hydrogen-bond donors (Lipinski definition) is 3. The second kappa shape index (κ2) is 6.93. The van der Waals surface area contributed by atoms with E-state index in [0.29, 0.717) is 24.0 Å². The van der Waals surface area contributed by atoms with Gasteiger partial charge in [-0.3, -0.25) is 4.79 Å². The highest BCUT2D eigenvalue weighted by molar-refractivity contribution is 5.94. The van der Waals surface area contributed by atoms with Crippen molar-refractivity contribution in [2.24, 2.45) is 5.84 Å². The number of carbonyl (C=O) groups excluding carboxylic acids is 1. The average Bonchev–Trinajstić information content (AvgIpc) is 2.38. The smallest absolute Gasteiger partial charge is 0.251 e. The van der Waals surface area contributed by atoms with Crippen molar-refractivity contribution in [2.45, 2.75) is 19.9 Å². The second-order valence-corrected chi connectivity index (χ2v) is 4.40. The van der Waals surface area contributed by atoms with Gasteiger partial charge in [-0.1, -0.05) is 0 Å². The predicted molar refractivity (Wildman–Crippen MR) is 72.1 cm³/mol. The number of likely N-dealkylation sites (N-methyl/N-ethyl adjacent to an activating group) is 1. The summed E-state index contributed by atoms with van der Waals surface area (Å²) in [4.78, 5) is 18.0. The van der Waals surface area contributed by atoms with Gasteiger partial charge in [0.05, 0.1) is 0 Å². The summed E-state index contributed by atoms with van der Waals surface area (Å²) in [7, 11) is 2.03. The maximum atomic E-state index is 11.8. The number of carbonyl (C=O) groups is 1. The van der Waals surface area contributed by atoms with Gasteiger partial charge in [-0.2, -0.15) is 0 Å². The molecule has 0 bridgehead atoms. The predicted octanol–water partition coefficient (Wildman–Crippen LogP) is 0.437. The normalized spacial score (nSPS) is 10.8. The van der Waals surface area contributed by atoms with E-state index < -0.39 is 0 Å². The summed E-state index contributed by atoms with van der Waals surface area (Å²) >= 11 is 0. The third-order valence-corrected chi connectivity index (χ3v) is 2.80. The molecule has 100 valence electrons. The van der Waals surface area contributed by atoms with Crippen LogP contribution in [-0.4, -0.2) is 42.0 Å². The van der Waals surface area contributed by atoms with Crippen LogP contribution in [0.3, 0.4) is 0 Å². The molecule has 1 heterocycles. The van der Waals surface area contributed by atoms with E-state index in [1.165, 1.54) is 0 Å². The van der Waals surface area contributed by atoms with Gasteiger partial charge < -0.3 is 15.6 Å². The monoisotopic (exact) mass is 251 g/mol. The number of nitrogen functional groups attached to an aromatic ring is 1. The van der Waals surface area contributed by atoms with Crippen molar-refractivity contribution in [3.8, 4) is 0 Å².